The van der Waals surface area contributed by atoms with Crippen molar-refractivity contribution >= 4 is 23.4 Å². The van der Waals surface area contributed by atoms with Crippen LogP contribution in [0.4, 0.5) is 4.39 Å². The molecule has 0 bridgehead atoms. The lowest BCUT2D eigenvalue weighted by Crippen LogP contribution is -2.47. The van der Waals surface area contributed by atoms with Gasteiger partial charge in [0, 0.05) is 37.1 Å². The molecule has 2 amide bonds. The average molecular weight is 369 g/mol. The van der Waals surface area contributed by atoms with Gasteiger partial charge in [0.1, 0.15) is 11.9 Å². The molecule has 0 aromatic heterocycles. The van der Waals surface area contributed by atoms with Gasteiger partial charge in [-0.15, -0.1) is 0 Å². The van der Waals surface area contributed by atoms with Gasteiger partial charge < -0.3 is 9.80 Å². The highest BCUT2D eigenvalue weighted by Gasteiger charge is 2.36. The summed E-state index contributed by atoms with van der Waals surface area (Å²) in [5.74, 6) is -0.598. The van der Waals surface area contributed by atoms with Gasteiger partial charge in [0.05, 0.1) is 0 Å². The first-order chi connectivity index (χ1) is 11.6. The second-order valence-electron chi connectivity index (χ2n) is 7.88. The molecule has 4 nitrogen and oxygen atoms in total. The third-order valence-corrected chi connectivity index (χ3v) is 4.73. The minimum Gasteiger partial charge on any atom is -0.339 e. The van der Waals surface area contributed by atoms with Crippen LogP contribution in [0.25, 0.3) is 0 Å². The van der Waals surface area contributed by atoms with Gasteiger partial charge in [0.25, 0.3) is 0 Å². The molecule has 0 saturated carbocycles. The minimum absolute atomic E-state index is 0.000624. The first-order valence-electron chi connectivity index (χ1n) is 8.57. The fraction of sp³-hybridized carbons (Fsp3) is 0.579. The molecule has 2 rings (SSSR count). The van der Waals surface area contributed by atoms with Crippen molar-refractivity contribution in [1.29, 1.82) is 0 Å². The number of halogens is 2. The van der Waals surface area contributed by atoms with Crippen molar-refractivity contribution < 1.29 is 14.0 Å². The van der Waals surface area contributed by atoms with Gasteiger partial charge in [-0.3, -0.25) is 9.59 Å². The first-order valence-corrected chi connectivity index (χ1v) is 8.95. The number of benzene rings is 1. The molecule has 25 heavy (non-hydrogen) atoms. The Balaban J connectivity index is 2.09. The van der Waals surface area contributed by atoms with Gasteiger partial charge in [-0.2, -0.15) is 0 Å². The first kappa shape index (κ1) is 19.7. The monoisotopic (exact) mass is 368 g/mol. The highest BCUT2D eigenvalue weighted by atomic mass is 35.5. The quantitative estimate of drug-likeness (QED) is 0.809. The number of carbonyl (C=O) groups is 2. The van der Waals surface area contributed by atoms with Gasteiger partial charge in [-0.05, 0) is 30.4 Å². The maximum atomic E-state index is 14.0. The smallest absolute Gasteiger partial charge is 0.245 e. The summed E-state index contributed by atoms with van der Waals surface area (Å²) >= 11 is 6.05. The summed E-state index contributed by atoms with van der Waals surface area (Å²) in [6.45, 7) is 6.69. The predicted molar refractivity (Wildman–Crippen MR) is 96.7 cm³/mol. The Morgan fingerprint density at radius 3 is 2.64 bits per heavy atom. The van der Waals surface area contributed by atoms with E-state index in [1.165, 1.54) is 17.0 Å². The van der Waals surface area contributed by atoms with Crippen LogP contribution in [-0.4, -0.2) is 41.2 Å². The van der Waals surface area contributed by atoms with Crippen molar-refractivity contribution in [3.05, 3.63) is 34.6 Å². The molecule has 1 saturated heterocycles. The van der Waals surface area contributed by atoms with Gasteiger partial charge in [-0.1, -0.05) is 38.4 Å². The van der Waals surface area contributed by atoms with Crippen LogP contribution < -0.4 is 0 Å². The number of rotatable bonds is 4. The largest absolute Gasteiger partial charge is 0.339 e. The molecule has 1 fully saturated rings. The average Bonchev–Trinajstić information content (AvgIpc) is 2.98. The van der Waals surface area contributed by atoms with E-state index in [0.717, 1.165) is 6.42 Å². The molecule has 1 aliphatic heterocycles. The van der Waals surface area contributed by atoms with E-state index in [9.17, 15) is 14.0 Å². The molecule has 1 aliphatic rings. The number of hydrogen-bond donors (Lipinski definition) is 0. The fourth-order valence-electron chi connectivity index (χ4n) is 3.13. The van der Waals surface area contributed by atoms with Crippen LogP contribution in [0.2, 0.25) is 5.02 Å². The van der Waals surface area contributed by atoms with Crippen molar-refractivity contribution in [2.24, 2.45) is 5.41 Å². The summed E-state index contributed by atoms with van der Waals surface area (Å²) in [6.07, 6.45) is 1.85. The fourth-order valence-corrected chi connectivity index (χ4v) is 3.35. The van der Waals surface area contributed by atoms with E-state index in [1.807, 2.05) is 20.8 Å². The second-order valence-corrected chi connectivity index (χ2v) is 8.28. The van der Waals surface area contributed by atoms with Crippen molar-refractivity contribution in [2.45, 2.75) is 52.6 Å². The highest BCUT2D eigenvalue weighted by molar-refractivity contribution is 6.31. The zero-order valence-corrected chi connectivity index (χ0v) is 16.1. The van der Waals surface area contributed by atoms with Crippen LogP contribution in [0, 0.1) is 11.2 Å². The van der Waals surface area contributed by atoms with Gasteiger partial charge >= 0.3 is 0 Å². The number of carbonyl (C=O) groups excluding carboxylic acids is 2. The van der Waals surface area contributed by atoms with Crippen molar-refractivity contribution in [3.63, 3.8) is 0 Å². The van der Waals surface area contributed by atoms with E-state index in [1.54, 1.807) is 18.0 Å². The number of likely N-dealkylation sites (N-methyl/N-ethyl adjacent to an activating group) is 1. The molecule has 138 valence electrons. The zero-order chi connectivity index (χ0) is 18.8. The standard InChI is InChI=1S/C19H26ClFN2O2/c1-19(2,3)11-17(24)23-10-6-9-16(23)18(25)22(4)12-13-14(20)7-5-8-15(13)21/h5,7-8,16H,6,9-12H2,1-4H3/t16-/m1/s1. The second kappa shape index (κ2) is 7.73. The molecule has 0 spiro atoms. The predicted octanol–water partition coefficient (Wildman–Crippen LogP) is 3.86. The molecule has 1 aromatic rings. The SMILES string of the molecule is CN(Cc1c(F)cccc1Cl)C(=O)[C@H]1CCCN1C(=O)CC(C)(C)C. The molecule has 0 aliphatic carbocycles. The van der Waals surface area contributed by atoms with Crippen molar-refractivity contribution in [3.8, 4) is 0 Å². The number of hydrogen-bond acceptors (Lipinski definition) is 2. The Bertz CT molecular complexity index is 637. The van der Waals surface area contributed by atoms with E-state index in [2.05, 4.69) is 0 Å². The zero-order valence-electron chi connectivity index (χ0n) is 15.3. The van der Waals surface area contributed by atoms with E-state index in [4.69, 9.17) is 11.6 Å². The molecule has 6 heteroatoms. The number of likely N-dealkylation sites (tertiary alicyclic amines) is 1. The molecule has 1 heterocycles. The summed E-state index contributed by atoms with van der Waals surface area (Å²) < 4.78 is 14.0. The van der Waals surface area contributed by atoms with E-state index >= 15 is 0 Å². The Hall–Kier alpha value is -1.62. The van der Waals surface area contributed by atoms with E-state index < -0.39 is 11.9 Å². The van der Waals surface area contributed by atoms with Crippen LogP contribution in [0.3, 0.4) is 0 Å². The van der Waals surface area contributed by atoms with E-state index in [-0.39, 0.29) is 23.8 Å². The normalized spacial score (nSPS) is 17.7. The maximum Gasteiger partial charge on any atom is 0.245 e. The topological polar surface area (TPSA) is 40.6 Å². The summed E-state index contributed by atoms with van der Waals surface area (Å²) in [7, 11) is 1.62. The molecule has 0 radical (unpaired) electrons. The maximum absolute atomic E-state index is 14.0. The molecule has 1 atom stereocenters. The lowest BCUT2D eigenvalue weighted by molar-refractivity contribution is -0.144. The Kier molecular flexibility index (Phi) is 6.09. The van der Waals surface area contributed by atoms with E-state index in [0.29, 0.717) is 30.0 Å². The van der Waals surface area contributed by atoms with Crippen molar-refractivity contribution in [1.82, 2.24) is 9.80 Å². The van der Waals surface area contributed by atoms with Crippen LogP contribution in [0.1, 0.15) is 45.6 Å². The van der Waals surface area contributed by atoms with Crippen LogP contribution in [-0.2, 0) is 16.1 Å². The lowest BCUT2D eigenvalue weighted by atomic mass is 9.91. The molecule has 0 unspecified atom stereocenters. The Labute approximate surface area is 153 Å². The molecular weight excluding hydrogens is 343 g/mol. The Morgan fingerprint density at radius 2 is 2.04 bits per heavy atom. The molecule has 1 aromatic carbocycles. The van der Waals surface area contributed by atoms with Gasteiger partial charge in [-0.25, -0.2) is 4.39 Å². The molecular formula is C19H26ClFN2O2. The molecule has 0 N–H and O–H groups in total. The highest BCUT2D eigenvalue weighted by Crippen LogP contribution is 2.26. The van der Waals surface area contributed by atoms with Crippen LogP contribution in [0.15, 0.2) is 18.2 Å². The number of amides is 2. The third-order valence-electron chi connectivity index (χ3n) is 4.37. The summed E-state index contributed by atoms with van der Waals surface area (Å²) in [5.41, 5.74) is 0.172. The minimum atomic E-state index is -0.467. The third kappa shape index (κ3) is 4.94. The summed E-state index contributed by atoms with van der Waals surface area (Å²) in [6, 6.07) is 4.00. The summed E-state index contributed by atoms with van der Waals surface area (Å²) in [5, 5.41) is 0.298. The van der Waals surface area contributed by atoms with Gasteiger partial charge in [0.2, 0.25) is 11.8 Å². The van der Waals surface area contributed by atoms with Crippen molar-refractivity contribution in [2.75, 3.05) is 13.6 Å². The summed E-state index contributed by atoms with van der Waals surface area (Å²) in [4.78, 5) is 28.5. The van der Waals surface area contributed by atoms with Gasteiger partial charge in [0.15, 0.2) is 0 Å². The van der Waals surface area contributed by atoms with Crippen LogP contribution >= 0.6 is 11.6 Å². The number of nitrogens with zero attached hydrogens (tertiary/aromatic N) is 2. The Morgan fingerprint density at radius 1 is 1.36 bits per heavy atom. The van der Waals surface area contributed by atoms with Crippen LogP contribution in [0.5, 0.6) is 0 Å². The lowest BCUT2D eigenvalue weighted by Gasteiger charge is -2.30.